The molecule has 0 spiro atoms. The number of rotatable bonds is 5. The summed E-state index contributed by atoms with van der Waals surface area (Å²) in [7, 11) is -4.30. The Morgan fingerprint density at radius 2 is 1.82 bits per heavy atom. The van der Waals surface area contributed by atoms with E-state index in [0.717, 1.165) is 23.5 Å². The molecule has 2 aromatic rings. The van der Waals surface area contributed by atoms with Gasteiger partial charge in [0.05, 0.1) is 11.6 Å². The van der Waals surface area contributed by atoms with Crippen LogP contribution in [0.25, 0.3) is 0 Å². The van der Waals surface area contributed by atoms with Crippen LogP contribution in [0.15, 0.2) is 34.5 Å². The van der Waals surface area contributed by atoms with Crippen molar-refractivity contribution < 1.29 is 31.5 Å². The minimum atomic E-state index is -4.57. The van der Waals surface area contributed by atoms with Crippen LogP contribution >= 0.6 is 11.3 Å². The van der Waals surface area contributed by atoms with E-state index >= 15 is 0 Å². The predicted octanol–water partition coefficient (Wildman–Crippen LogP) is 4.84. The van der Waals surface area contributed by atoms with Gasteiger partial charge in [0.2, 0.25) is 10.0 Å². The highest BCUT2D eigenvalue weighted by Crippen LogP contribution is 2.38. The van der Waals surface area contributed by atoms with Crippen molar-refractivity contribution in [3.63, 3.8) is 0 Å². The highest BCUT2D eigenvalue weighted by Gasteiger charge is 2.36. The first kappa shape index (κ1) is 22.4. The molecule has 0 aliphatic rings. The molecule has 1 unspecified atom stereocenters. The molecule has 0 radical (unpaired) electrons. The summed E-state index contributed by atoms with van der Waals surface area (Å²) in [6.45, 7) is 6.50. The number of aromatic carboxylic acids is 1. The van der Waals surface area contributed by atoms with E-state index in [1.165, 1.54) is 24.4 Å². The van der Waals surface area contributed by atoms with Crippen LogP contribution in [-0.4, -0.2) is 19.5 Å². The van der Waals surface area contributed by atoms with E-state index < -0.39 is 39.2 Å². The minimum absolute atomic E-state index is 0.135. The second-order valence-corrected chi connectivity index (χ2v) is 9.96. The van der Waals surface area contributed by atoms with Gasteiger partial charge in [-0.15, -0.1) is 11.3 Å². The number of carboxylic acid groups (broad SMARTS) is 1. The van der Waals surface area contributed by atoms with E-state index in [-0.39, 0.29) is 20.9 Å². The van der Waals surface area contributed by atoms with Gasteiger partial charge < -0.3 is 5.11 Å². The van der Waals surface area contributed by atoms with Gasteiger partial charge in [0.1, 0.15) is 9.77 Å². The smallest absolute Gasteiger partial charge is 0.416 e. The summed E-state index contributed by atoms with van der Waals surface area (Å²) < 4.78 is 67.6. The number of alkyl halides is 3. The van der Waals surface area contributed by atoms with Crippen LogP contribution in [0.3, 0.4) is 0 Å². The summed E-state index contributed by atoms with van der Waals surface area (Å²) in [6, 6.07) is 3.41. The van der Waals surface area contributed by atoms with Crippen LogP contribution < -0.4 is 4.72 Å². The van der Waals surface area contributed by atoms with Gasteiger partial charge in [-0.1, -0.05) is 32.9 Å². The van der Waals surface area contributed by atoms with Gasteiger partial charge in [0, 0.05) is 0 Å². The summed E-state index contributed by atoms with van der Waals surface area (Å²) >= 11 is 0.780. The molecule has 0 bridgehead atoms. The van der Waals surface area contributed by atoms with Crippen molar-refractivity contribution in [1.82, 2.24) is 4.72 Å². The fraction of sp³-hybridized carbons (Fsp3) is 0.389. The molecule has 1 heterocycles. The fourth-order valence-corrected chi connectivity index (χ4v) is 5.83. The Labute approximate surface area is 165 Å². The highest BCUT2D eigenvalue weighted by atomic mass is 32.2. The number of carbonyl (C=O) groups is 1. The molecule has 2 rings (SSSR count). The molecule has 154 valence electrons. The lowest BCUT2D eigenvalue weighted by atomic mass is 9.82. The number of nitrogens with one attached hydrogen (secondary N) is 1. The van der Waals surface area contributed by atoms with Gasteiger partial charge in [0.25, 0.3) is 0 Å². The van der Waals surface area contributed by atoms with Gasteiger partial charge in [-0.05, 0) is 41.0 Å². The normalized spacial score (nSPS) is 14.1. The van der Waals surface area contributed by atoms with E-state index in [9.17, 15) is 31.5 Å². The number of hydrogen-bond donors (Lipinski definition) is 2. The Hall–Kier alpha value is -1.91. The van der Waals surface area contributed by atoms with Crippen LogP contribution in [0, 0.1) is 12.3 Å². The highest BCUT2D eigenvalue weighted by molar-refractivity contribution is 7.89. The molecule has 0 amide bonds. The monoisotopic (exact) mass is 435 g/mol. The molecule has 5 nitrogen and oxygen atoms in total. The number of benzene rings is 1. The van der Waals surface area contributed by atoms with Crippen LogP contribution in [0.4, 0.5) is 13.2 Å². The average molecular weight is 435 g/mol. The number of sulfonamides is 1. The van der Waals surface area contributed by atoms with Gasteiger partial charge in [-0.2, -0.15) is 13.2 Å². The molecule has 2 N–H and O–H groups in total. The summed E-state index contributed by atoms with van der Waals surface area (Å²) in [6.07, 6.45) is -4.57. The Bertz CT molecular complexity index is 989. The van der Waals surface area contributed by atoms with E-state index in [4.69, 9.17) is 0 Å². The molecule has 1 aromatic heterocycles. The zero-order chi connectivity index (χ0) is 21.5. The average Bonchev–Trinajstić information content (AvgIpc) is 2.94. The van der Waals surface area contributed by atoms with Crippen molar-refractivity contribution in [3.8, 4) is 0 Å². The number of halogens is 3. The van der Waals surface area contributed by atoms with Crippen molar-refractivity contribution in [2.24, 2.45) is 5.41 Å². The van der Waals surface area contributed by atoms with Crippen molar-refractivity contribution in [1.29, 1.82) is 0 Å². The molecule has 1 atom stereocenters. The van der Waals surface area contributed by atoms with Crippen molar-refractivity contribution >= 4 is 27.3 Å². The third kappa shape index (κ3) is 4.73. The first-order valence-corrected chi connectivity index (χ1v) is 10.5. The Morgan fingerprint density at radius 3 is 2.32 bits per heavy atom. The molecule has 1 aromatic carbocycles. The van der Waals surface area contributed by atoms with E-state index in [1.807, 2.05) is 0 Å². The van der Waals surface area contributed by atoms with Crippen LogP contribution in [0.1, 0.15) is 53.2 Å². The molecule has 28 heavy (non-hydrogen) atoms. The van der Waals surface area contributed by atoms with Gasteiger partial charge in [-0.25, -0.2) is 17.9 Å². The largest absolute Gasteiger partial charge is 0.477 e. The molecule has 0 aliphatic carbocycles. The van der Waals surface area contributed by atoms with E-state index in [1.54, 1.807) is 20.8 Å². The first-order valence-electron chi connectivity index (χ1n) is 8.15. The molecular weight excluding hydrogens is 415 g/mol. The molecule has 0 saturated carbocycles. The lowest BCUT2D eigenvalue weighted by Crippen LogP contribution is -2.37. The van der Waals surface area contributed by atoms with Crippen LogP contribution in [-0.2, 0) is 16.2 Å². The molecule has 0 aliphatic heterocycles. The van der Waals surface area contributed by atoms with Crippen LogP contribution in [0.5, 0.6) is 0 Å². The SMILES string of the molecule is Cc1csc(C(=O)O)c1S(=O)(=O)NC(c1cccc(C(F)(F)F)c1)C(C)(C)C. The standard InChI is InChI=1S/C18H20F3NO4S2/c1-10-9-27-13(16(23)24)14(10)28(25,26)22-15(17(2,3)4)11-6-5-7-12(8-11)18(19,20)21/h5-9,15,22H,1-4H3,(H,23,24). The lowest BCUT2D eigenvalue weighted by Gasteiger charge is -2.32. The van der Waals surface area contributed by atoms with Crippen molar-refractivity contribution in [3.05, 3.63) is 51.2 Å². The maximum atomic E-state index is 13.1. The molecule has 0 saturated heterocycles. The predicted molar refractivity (Wildman–Crippen MR) is 100.0 cm³/mol. The summed E-state index contributed by atoms with van der Waals surface area (Å²) in [5.74, 6) is -1.38. The van der Waals surface area contributed by atoms with Gasteiger partial charge in [-0.3, -0.25) is 0 Å². The number of aryl methyl sites for hydroxylation is 1. The fourth-order valence-electron chi connectivity index (χ4n) is 2.77. The Balaban J connectivity index is 2.56. The Morgan fingerprint density at radius 1 is 1.21 bits per heavy atom. The van der Waals surface area contributed by atoms with Gasteiger partial charge in [0.15, 0.2) is 0 Å². The molecule has 10 heteroatoms. The van der Waals surface area contributed by atoms with E-state index in [0.29, 0.717) is 0 Å². The summed E-state index contributed by atoms with van der Waals surface area (Å²) in [5, 5.41) is 10.7. The number of hydrogen-bond acceptors (Lipinski definition) is 4. The number of carboxylic acids is 1. The zero-order valence-corrected chi connectivity index (χ0v) is 17.2. The maximum Gasteiger partial charge on any atom is 0.416 e. The van der Waals surface area contributed by atoms with E-state index in [2.05, 4.69) is 4.72 Å². The van der Waals surface area contributed by atoms with Crippen molar-refractivity contribution in [2.75, 3.05) is 0 Å². The van der Waals surface area contributed by atoms with Gasteiger partial charge >= 0.3 is 12.1 Å². The minimum Gasteiger partial charge on any atom is -0.477 e. The number of thiophene rings is 1. The van der Waals surface area contributed by atoms with Crippen LogP contribution in [0.2, 0.25) is 0 Å². The van der Waals surface area contributed by atoms with Crippen molar-refractivity contribution in [2.45, 2.75) is 44.8 Å². The third-order valence-electron chi connectivity index (χ3n) is 4.07. The molecular formula is C18H20F3NO4S2. The lowest BCUT2D eigenvalue weighted by molar-refractivity contribution is -0.137. The quantitative estimate of drug-likeness (QED) is 0.704. The molecule has 0 fully saturated rings. The second kappa shape index (κ2) is 7.49. The summed E-state index contributed by atoms with van der Waals surface area (Å²) in [5.41, 5.74) is -1.29. The topological polar surface area (TPSA) is 83.5 Å². The Kier molecular flexibility index (Phi) is 5.99. The first-order chi connectivity index (χ1) is 12.6. The third-order valence-corrected chi connectivity index (χ3v) is 6.89. The maximum absolute atomic E-state index is 13.1. The zero-order valence-electron chi connectivity index (χ0n) is 15.6. The summed E-state index contributed by atoms with van der Waals surface area (Å²) in [4.78, 5) is 10.7. The second-order valence-electron chi connectivity index (χ2n) is 7.43.